The summed E-state index contributed by atoms with van der Waals surface area (Å²) >= 11 is 0. The first kappa shape index (κ1) is 16.6. The summed E-state index contributed by atoms with van der Waals surface area (Å²) in [5.41, 5.74) is 0.380. The second kappa shape index (κ2) is 7.11. The van der Waals surface area contributed by atoms with Crippen LogP contribution in [0.3, 0.4) is 0 Å². The standard InChI is InChI=1S/C10H15O5P.ClH/c11-5-16(6-12,7-13)10(15)8-2-1-3-9(14)4-8;/h1-4,10-13,15H,5-7H2;1H. The molecule has 0 spiro atoms. The van der Waals surface area contributed by atoms with Crippen LogP contribution in [0, 0.1) is 0 Å². The third-order valence-electron chi connectivity index (χ3n) is 2.53. The van der Waals surface area contributed by atoms with E-state index in [0.29, 0.717) is 5.56 Å². The third-order valence-corrected chi connectivity index (χ3v) is 5.56. The Morgan fingerprint density at radius 1 is 1.06 bits per heavy atom. The summed E-state index contributed by atoms with van der Waals surface area (Å²) in [5.74, 6) is -1.15. The molecule has 5 N–H and O–H groups in total. The van der Waals surface area contributed by atoms with E-state index < -0.39 is 32.2 Å². The average Bonchev–Trinajstić information content (AvgIpc) is 2.32. The van der Waals surface area contributed by atoms with Gasteiger partial charge in [0, 0.05) is 5.56 Å². The van der Waals surface area contributed by atoms with Gasteiger partial charge in [0.25, 0.3) is 0 Å². The van der Waals surface area contributed by atoms with Crippen LogP contribution in [0.15, 0.2) is 24.3 Å². The molecule has 1 rings (SSSR count). The first-order chi connectivity index (χ1) is 7.59. The van der Waals surface area contributed by atoms with Crippen LogP contribution < -0.4 is 12.4 Å². The molecule has 0 aromatic heterocycles. The molecule has 0 bridgehead atoms. The van der Waals surface area contributed by atoms with Crippen molar-refractivity contribution in [2.24, 2.45) is 0 Å². The first-order valence-corrected chi connectivity index (χ1v) is 7.16. The lowest BCUT2D eigenvalue weighted by molar-refractivity contribution is -0.00000827. The Morgan fingerprint density at radius 3 is 2.00 bits per heavy atom. The van der Waals surface area contributed by atoms with E-state index in [1.54, 1.807) is 12.1 Å². The SMILES string of the molecule is OC[P+](CO)(CO)C(O)c1cccc(O)c1.[Cl-]. The smallest absolute Gasteiger partial charge is 0.197 e. The maximum absolute atomic E-state index is 10.0. The van der Waals surface area contributed by atoms with Crippen molar-refractivity contribution in [2.75, 3.05) is 19.0 Å². The second-order valence-electron chi connectivity index (χ2n) is 3.61. The molecule has 0 radical (unpaired) electrons. The van der Waals surface area contributed by atoms with Gasteiger partial charge in [-0.25, -0.2) is 0 Å². The van der Waals surface area contributed by atoms with Gasteiger partial charge in [-0.3, -0.25) is 0 Å². The number of rotatable bonds is 5. The Hall–Kier alpha value is -0.420. The summed E-state index contributed by atoms with van der Waals surface area (Å²) < 4.78 is 0. The monoisotopic (exact) mass is 282 g/mol. The summed E-state index contributed by atoms with van der Waals surface area (Å²) in [4.78, 5) is 0. The van der Waals surface area contributed by atoms with E-state index in [0.717, 1.165) is 0 Å². The topological polar surface area (TPSA) is 101 Å². The summed E-state index contributed by atoms with van der Waals surface area (Å²) in [7, 11) is -2.66. The van der Waals surface area contributed by atoms with Crippen LogP contribution in [0.2, 0.25) is 0 Å². The normalized spacial score (nSPS) is 12.9. The molecular weight excluding hydrogens is 267 g/mol. The van der Waals surface area contributed by atoms with E-state index in [1.807, 2.05) is 0 Å². The van der Waals surface area contributed by atoms with E-state index in [1.165, 1.54) is 12.1 Å². The van der Waals surface area contributed by atoms with Crippen molar-refractivity contribution in [3.8, 4) is 5.75 Å². The lowest BCUT2D eigenvalue weighted by atomic mass is 10.2. The molecule has 1 unspecified atom stereocenters. The van der Waals surface area contributed by atoms with Gasteiger partial charge in [0.1, 0.15) is 13.0 Å². The first-order valence-electron chi connectivity index (χ1n) is 4.75. The van der Waals surface area contributed by atoms with Gasteiger partial charge >= 0.3 is 0 Å². The summed E-state index contributed by atoms with van der Waals surface area (Å²) in [6, 6.07) is 5.92. The Balaban J connectivity index is 0.00000256. The molecule has 0 saturated carbocycles. The number of phenols is 1. The molecule has 0 saturated heterocycles. The molecule has 0 amide bonds. The zero-order chi connectivity index (χ0) is 12.2. The lowest BCUT2D eigenvalue weighted by Gasteiger charge is -2.25. The van der Waals surface area contributed by atoms with Crippen LogP contribution in [0.5, 0.6) is 5.75 Å². The number of halogens is 1. The molecule has 7 heteroatoms. The van der Waals surface area contributed by atoms with E-state index in [4.69, 9.17) is 0 Å². The maximum Gasteiger partial charge on any atom is 0.197 e. The number of hydrogen-bond donors (Lipinski definition) is 5. The molecule has 0 aliphatic heterocycles. The minimum Gasteiger partial charge on any atom is -1.00 e. The van der Waals surface area contributed by atoms with Crippen molar-refractivity contribution in [3.63, 3.8) is 0 Å². The van der Waals surface area contributed by atoms with Crippen LogP contribution in [-0.2, 0) is 0 Å². The number of phenolic OH excluding ortho intramolecular Hbond substituents is 1. The molecule has 0 heterocycles. The predicted molar refractivity (Wildman–Crippen MR) is 61.2 cm³/mol. The molecule has 0 aliphatic carbocycles. The molecule has 98 valence electrons. The van der Waals surface area contributed by atoms with Crippen LogP contribution >= 0.6 is 7.26 Å². The highest BCUT2D eigenvalue weighted by atomic mass is 35.5. The van der Waals surface area contributed by atoms with E-state index in [9.17, 15) is 25.5 Å². The maximum atomic E-state index is 10.0. The highest BCUT2D eigenvalue weighted by molar-refractivity contribution is 7.75. The molecule has 1 aromatic rings. The predicted octanol–water partition coefficient (Wildman–Crippen LogP) is -2.75. The largest absolute Gasteiger partial charge is 1.00 e. The van der Waals surface area contributed by atoms with E-state index >= 15 is 0 Å². The highest BCUT2D eigenvalue weighted by Crippen LogP contribution is 2.66. The van der Waals surface area contributed by atoms with Crippen molar-refractivity contribution >= 4 is 7.26 Å². The third kappa shape index (κ3) is 3.52. The molecule has 5 nitrogen and oxygen atoms in total. The van der Waals surface area contributed by atoms with Crippen molar-refractivity contribution < 1.29 is 37.9 Å². The van der Waals surface area contributed by atoms with Gasteiger partial charge in [-0.1, -0.05) is 12.1 Å². The molecule has 1 atom stereocenters. The Labute approximate surface area is 106 Å². The number of aromatic hydroxyl groups is 1. The fraction of sp³-hybridized carbons (Fsp3) is 0.400. The van der Waals surface area contributed by atoms with Crippen molar-refractivity contribution in [3.05, 3.63) is 29.8 Å². The lowest BCUT2D eigenvalue weighted by Crippen LogP contribution is -3.00. The fourth-order valence-electron chi connectivity index (χ4n) is 1.37. The highest BCUT2D eigenvalue weighted by Gasteiger charge is 2.45. The molecule has 0 fully saturated rings. The van der Waals surface area contributed by atoms with Crippen LogP contribution in [-0.4, -0.2) is 44.6 Å². The minimum atomic E-state index is -2.66. The summed E-state index contributed by atoms with van der Waals surface area (Å²) in [5, 5.41) is 46.8. The zero-order valence-corrected chi connectivity index (χ0v) is 10.7. The van der Waals surface area contributed by atoms with Gasteiger partial charge in [0.05, 0.1) is 0 Å². The molecule has 1 aromatic carbocycles. The van der Waals surface area contributed by atoms with Crippen LogP contribution in [0.1, 0.15) is 11.4 Å². The summed E-state index contributed by atoms with van der Waals surface area (Å²) in [6.07, 6.45) is -1.34. The van der Waals surface area contributed by atoms with E-state index in [2.05, 4.69) is 0 Å². The average molecular weight is 283 g/mol. The Kier molecular flexibility index (Phi) is 6.94. The second-order valence-corrected chi connectivity index (χ2v) is 7.39. The summed E-state index contributed by atoms with van der Waals surface area (Å²) in [6.45, 7) is 0. The molecule has 0 aliphatic rings. The number of aliphatic hydroxyl groups excluding tert-OH is 4. The Bertz CT molecular complexity index is 337. The van der Waals surface area contributed by atoms with Gasteiger partial charge in [0.15, 0.2) is 24.9 Å². The quantitative estimate of drug-likeness (QED) is 0.377. The number of aliphatic hydroxyl groups is 4. The van der Waals surface area contributed by atoms with Crippen molar-refractivity contribution in [1.82, 2.24) is 0 Å². The minimum absolute atomic E-state index is 0. The van der Waals surface area contributed by atoms with Gasteiger partial charge in [-0.05, 0) is 12.1 Å². The fourth-order valence-corrected chi connectivity index (χ4v) is 2.89. The van der Waals surface area contributed by atoms with Gasteiger partial charge < -0.3 is 37.9 Å². The van der Waals surface area contributed by atoms with Crippen LogP contribution in [0.4, 0.5) is 0 Å². The molecule has 17 heavy (non-hydrogen) atoms. The zero-order valence-electron chi connectivity index (χ0n) is 9.07. The van der Waals surface area contributed by atoms with Gasteiger partial charge in [-0.15, -0.1) is 0 Å². The van der Waals surface area contributed by atoms with E-state index in [-0.39, 0.29) is 18.2 Å². The van der Waals surface area contributed by atoms with Crippen molar-refractivity contribution in [2.45, 2.75) is 5.85 Å². The van der Waals surface area contributed by atoms with Crippen molar-refractivity contribution in [1.29, 1.82) is 0 Å². The number of hydrogen-bond acceptors (Lipinski definition) is 5. The molecular formula is C10H16ClO5P. The van der Waals surface area contributed by atoms with Crippen LogP contribution in [0.25, 0.3) is 0 Å². The van der Waals surface area contributed by atoms with Gasteiger partial charge in [-0.2, -0.15) is 0 Å². The van der Waals surface area contributed by atoms with Gasteiger partial charge in [0.2, 0.25) is 0 Å². The Morgan fingerprint density at radius 2 is 1.59 bits per heavy atom. The number of benzene rings is 1.